The molecule has 0 heterocycles. The van der Waals surface area contributed by atoms with Crippen molar-refractivity contribution in [2.45, 2.75) is 47.1 Å². The monoisotopic (exact) mass is 455 g/mol. The van der Waals surface area contributed by atoms with Gasteiger partial charge in [-0.1, -0.05) is 19.1 Å². The van der Waals surface area contributed by atoms with E-state index in [-0.39, 0.29) is 29.7 Å². The Morgan fingerprint density at radius 3 is 2.42 bits per heavy atom. The number of esters is 1. The highest BCUT2D eigenvalue weighted by Crippen LogP contribution is 2.20. The first-order valence-electron chi connectivity index (χ1n) is 10.6. The molecule has 0 aliphatic rings. The number of anilines is 1. The van der Waals surface area contributed by atoms with Crippen LogP contribution in [0.1, 0.15) is 47.3 Å². The minimum absolute atomic E-state index is 0.105. The molecule has 0 bridgehead atoms. The Morgan fingerprint density at radius 2 is 1.82 bits per heavy atom. The fraction of sp³-hybridized carbons (Fsp3) is 0.375. The van der Waals surface area contributed by atoms with E-state index < -0.39 is 23.4 Å². The van der Waals surface area contributed by atoms with Crippen molar-refractivity contribution in [1.29, 1.82) is 0 Å². The van der Waals surface area contributed by atoms with Gasteiger partial charge in [0.15, 0.2) is 6.61 Å². The van der Waals surface area contributed by atoms with E-state index in [4.69, 9.17) is 4.74 Å². The second-order valence-electron chi connectivity index (χ2n) is 7.91. The van der Waals surface area contributed by atoms with E-state index >= 15 is 0 Å². The first-order chi connectivity index (χ1) is 15.5. The van der Waals surface area contributed by atoms with E-state index in [1.807, 2.05) is 39.8 Å². The van der Waals surface area contributed by atoms with Gasteiger partial charge in [-0.05, 0) is 63.4 Å². The van der Waals surface area contributed by atoms with Crippen molar-refractivity contribution in [3.05, 3.63) is 68.8 Å². The second kappa shape index (κ2) is 11.2. The highest BCUT2D eigenvalue weighted by Gasteiger charge is 2.24. The number of benzene rings is 2. The summed E-state index contributed by atoms with van der Waals surface area (Å²) in [5.74, 6) is -1.63. The maximum Gasteiger partial charge on any atom is 0.338 e. The van der Waals surface area contributed by atoms with Crippen LogP contribution in [0.2, 0.25) is 0 Å². The molecule has 0 fully saturated rings. The van der Waals surface area contributed by atoms with Crippen molar-refractivity contribution in [3.8, 4) is 0 Å². The van der Waals surface area contributed by atoms with E-state index in [9.17, 15) is 24.5 Å². The molecule has 2 amide bonds. The van der Waals surface area contributed by atoms with Gasteiger partial charge in [-0.2, -0.15) is 0 Å². The standard InChI is InChI=1S/C24H29N3O6/c1-6-17(4)26(13-22(28)25-20-9-7-8-15(2)18(20)5)23(29)14-33-24(30)19-10-11-21(27(31)32)16(3)12-19/h7-12,17H,6,13-14H2,1-5H3,(H,25,28)/t17-/m0/s1. The Morgan fingerprint density at radius 1 is 1.12 bits per heavy atom. The molecule has 2 rings (SSSR count). The molecular formula is C24H29N3O6. The summed E-state index contributed by atoms with van der Waals surface area (Å²) in [4.78, 5) is 49.5. The highest BCUT2D eigenvalue weighted by molar-refractivity contribution is 5.96. The quantitative estimate of drug-likeness (QED) is 0.347. The number of carbonyl (C=O) groups excluding carboxylic acids is 3. The van der Waals surface area contributed by atoms with Crippen LogP contribution in [0.25, 0.3) is 0 Å². The van der Waals surface area contributed by atoms with Crippen LogP contribution in [0.5, 0.6) is 0 Å². The van der Waals surface area contributed by atoms with Crippen LogP contribution in [0.15, 0.2) is 36.4 Å². The van der Waals surface area contributed by atoms with E-state index in [0.717, 1.165) is 11.1 Å². The number of nitrogens with one attached hydrogen (secondary N) is 1. The SMILES string of the molecule is CC[C@H](C)N(CC(=O)Nc1cccc(C)c1C)C(=O)COC(=O)c1ccc([N+](=O)[O-])c(C)c1. The van der Waals surface area contributed by atoms with Gasteiger partial charge in [0.25, 0.3) is 11.6 Å². The third-order valence-corrected chi connectivity index (χ3v) is 5.59. The van der Waals surface area contributed by atoms with E-state index in [2.05, 4.69) is 5.32 Å². The number of ether oxygens (including phenoxy) is 1. The molecule has 9 nitrogen and oxygen atoms in total. The number of nitro benzene ring substituents is 1. The molecule has 0 spiro atoms. The lowest BCUT2D eigenvalue weighted by Gasteiger charge is -2.28. The van der Waals surface area contributed by atoms with Crippen molar-refractivity contribution in [2.24, 2.45) is 0 Å². The summed E-state index contributed by atoms with van der Waals surface area (Å²) < 4.78 is 5.12. The Balaban J connectivity index is 2.04. The second-order valence-corrected chi connectivity index (χ2v) is 7.91. The first kappa shape index (κ1) is 25.5. The zero-order valence-electron chi connectivity index (χ0n) is 19.5. The molecular weight excluding hydrogens is 426 g/mol. The smallest absolute Gasteiger partial charge is 0.338 e. The zero-order chi connectivity index (χ0) is 24.7. The predicted molar refractivity (Wildman–Crippen MR) is 124 cm³/mol. The number of nitrogens with zero attached hydrogens (tertiary/aromatic N) is 2. The van der Waals surface area contributed by atoms with Crippen molar-refractivity contribution < 1.29 is 24.0 Å². The van der Waals surface area contributed by atoms with Crippen molar-refractivity contribution >= 4 is 29.2 Å². The molecule has 0 saturated carbocycles. The van der Waals surface area contributed by atoms with Crippen LogP contribution in [0.3, 0.4) is 0 Å². The van der Waals surface area contributed by atoms with Crippen LogP contribution < -0.4 is 5.32 Å². The maximum absolute atomic E-state index is 12.8. The topological polar surface area (TPSA) is 119 Å². The van der Waals surface area contributed by atoms with E-state index in [0.29, 0.717) is 17.7 Å². The Hall–Kier alpha value is -3.75. The van der Waals surface area contributed by atoms with Crippen LogP contribution in [-0.2, 0) is 14.3 Å². The van der Waals surface area contributed by atoms with Gasteiger partial charge in [-0.3, -0.25) is 19.7 Å². The van der Waals surface area contributed by atoms with Crippen LogP contribution in [0, 0.1) is 30.9 Å². The average molecular weight is 456 g/mol. The summed E-state index contributed by atoms with van der Waals surface area (Å²) in [6.07, 6.45) is 0.609. The van der Waals surface area contributed by atoms with Gasteiger partial charge in [0, 0.05) is 23.4 Å². The molecule has 9 heteroatoms. The number of rotatable bonds is 9. The fourth-order valence-corrected chi connectivity index (χ4v) is 3.22. The number of hydrogen-bond donors (Lipinski definition) is 1. The molecule has 0 aliphatic heterocycles. The summed E-state index contributed by atoms with van der Waals surface area (Å²) in [5.41, 5.74) is 2.96. The molecule has 2 aromatic rings. The van der Waals surface area contributed by atoms with Crippen LogP contribution in [0.4, 0.5) is 11.4 Å². The number of aryl methyl sites for hydroxylation is 2. The minimum atomic E-state index is -0.773. The van der Waals surface area contributed by atoms with Crippen LogP contribution in [-0.4, -0.2) is 46.8 Å². The Kier molecular flexibility index (Phi) is 8.67. The summed E-state index contributed by atoms with van der Waals surface area (Å²) in [6, 6.07) is 9.18. The van der Waals surface area contributed by atoms with E-state index in [1.54, 1.807) is 6.07 Å². The molecule has 1 N–H and O–H groups in total. The highest BCUT2D eigenvalue weighted by atomic mass is 16.6. The minimum Gasteiger partial charge on any atom is -0.452 e. The Bertz CT molecular complexity index is 1070. The van der Waals surface area contributed by atoms with Gasteiger partial charge in [-0.25, -0.2) is 4.79 Å². The molecule has 0 aliphatic carbocycles. The molecule has 33 heavy (non-hydrogen) atoms. The van der Waals surface area contributed by atoms with E-state index in [1.165, 1.54) is 30.0 Å². The average Bonchev–Trinajstić information content (AvgIpc) is 2.77. The number of carbonyl (C=O) groups is 3. The van der Waals surface area contributed by atoms with Crippen LogP contribution >= 0.6 is 0 Å². The third kappa shape index (κ3) is 6.61. The van der Waals surface area contributed by atoms with Gasteiger partial charge < -0.3 is 15.0 Å². The van der Waals surface area contributed by atoms with Gasteiger partial charge in [0.2, 0.25) is 5.91 Å². The third-order valence-electron chi connectivity index (χ3n) is 5.59. The lowest BCUT2D eigenvalue weighted by atomic mass is 10.1. The fourth-order valence-electron chi connectivity index (χ4n) is 3.22. The summed E-state index contributed by atoms with van der Waals surface area (Å²) in [5, 5.41) is 13.8. The summed E-state index contributed by atoms with van der Waals surface area (Å²) in [7, 11) is 0. The van der Waals surface area contributed by atoms with Crippen molar-refractivity contribution in [2.75, 3.05) is 18.5 Å². The van der Waals surface area contributed by atoms with Gasteiger partial charge in [-0.15, -0.1) is 0 Å². The molecule has 0 radical (unpaired) electrons. The molecule has 0 aromatic heterocycles. The molecule has 0 saturated heterocycles. The van der Waals surface area contributed by atoms with Gasteiger partial charge >= 0.3 is 5.97 Å². The normalized spacial score (nSPS) is 11.4. The molecule has 2 aromatic carbocycles. The maximum atomic E-state index is 12.8. The lowest BCUT2D eigenvalue weighted by Crippen LogP contribution is -2.45. The molecule has 0 unspecified atom stereocenters. The number of amides is 2. The zero-order valence-corrected chi connectivity index (χ0v) is 19.5. The van der Waals surface area contributed by atoms with Crippen molar-refractivity contribution in [1.82, 2.24) is 4.90 Å². The number of hydrogen-bond acceptors (Lipinski definition) is 6. The Labute approximate surface area is 192 Å². The first-order valence-corrected chi connectivity index (χ1v) is 10.6. The molecule has 1 atom stereocenters. The van der Waals surface area contributed by atoms with Gasteiger partial charge in [0.1, 0.15) is 6.54 Å². The largest absolute Gasteiger partial charge is 0.452 e. The lowest BCUT2D eigenvalue weighted by molar-refractivity contribution is -0.385. The van der Waals surface area contributed by atoms with Crippen molar-refractivity contribution in [3.63, 3.8) is 0 Å². The summed E-state index contributed by atoms with van der Waals surface area (Å²) >= 11 is 0. The summed E-state index contributed by atoms with van der Waals surface area (Å²) in [6.45, 7) is 8.33. The molecule has 176 valence electrons. The van der Waals surface area contributed by atoms with Gasteiger partial charge in [0.05, 0.1) is 10.5 Å². The predicted octanol–water partition coefficient (Wildman–Crippen LogP) is 3.94. The number of nitro groups is 1.